The van der Waals surface area contributed by atoms with E-state index in [9.17, 15) is 0 Å². The lowest BCUT2D eigenvalue weighted by Gasteiger charge is -2.37. The summed E-state index contributed by atoms with van der Waals surface area (Å²) in [6.45, 7) is 0. The summed E-state index contributed by atoms with van der Waals surface area (Å²) in [5.74, 6) is 0. The molecule has 1 N–H and O–H groups in total. The third-order valence-corrected chi connectivity index (χ3v) is 3.37. The lowest BCUT2D eigenvalue weighted by Crippen LogP contribution is -2.40. The molecule has 82 valence electrons. The molecule has 0 aliphatic heterocycles. The van der Waals surface area contributed by atoms with Crippen molar-refractivity contribution in [1.29, 1.82) is 0 Å². The van der Waals surface area contributed by atoms with Gasteiger partial charge in [-0.2, -0.15) is 0 Å². The van der Waals surface area contributed by atoms with Crippen LogP contribution >= 0.6 is 0 Å². The first-order chi connectivity index (χ1) is 6.78. The van der Waals surface area contributed by atoms with E-state index in [0.29, 0.717) is 18.3 Å². The van der Waals surface area contributed by atoms with Crippen LogP contribution in [0.5, 0.6) is 0 Å². The Morgan fingerprint density at radius 1 is 1.00 bits per heavy atom. The molecular formula is C11H20O3. The molecule has 3 nitrogen and oxygen atoms in total. The van der Waals surface area contributed by atoms with Crippen molar-refractivity contribution in [1.82, 2.24) is 0 Å². The monoisotopic (exact) mass is 200 g/mol. The quantitative estimate of drug-likeness (QED) is 0.750. The van der Waals surface area contributed by atoms with Crippen LogP contribution in [0.3, 0.4) is 0 Å². The second-order valence-electron chi connectivity index (χ2n) is 4.53. The Hall–Kier alpha value is -0.120. The molecule has 0 aromatic heterocycles. The highest BCUT2D eigenvalue weighted by atomic mass is 16.5. The Labute approximate surface area is 85.4 Å². The zero-order valence-electron chi connectivity index (χ0n) is 8.82. The minimum absolute atomic E-state index is 0.109. The fourth-order valence-corrected chi connectivity index (χ4v) is 2.36. The highest BCUT2D eigenvalue weighted by molar-refractivity contribution is 4.82. The van der Waals surface area contributed by atoms with Crippen molar-refractivity contribution in [3.63, 3.8) is 0 Å². The van der Waals surface area contributed by atoms with Crippen LogP contribution in [0.2, 0.25) is 0 Å². The van der Waals surface area contributed by atoms with E-state index in [1.807, 2.05) is 0 Å². The molecule has 0 aromatic rings. The van der Waals surface area contributed by atoms with Crippen molar-refractivity contribution in [2.45, 2.75) is 62.9 Å². The SMILES string of the molecule is COC1CCCC(OC2CC(O)C2)C1. The van der Waals surface area contributed by atoms with Gasteiger partial charge in [-0.15, -0.1) is 0 Å². The second-order valence-corrected chi connectivity index (χ2v) is 4.53. The molecule has 0 radical (unpaired) electrons. The predicted octanol–water partition coefficient (Wildman–Crippen LogP) is 1.48. The molecule has 0 aromatic carbocycles. The van der Waals surface area contributed by atoms with E-state index < -0.39 is 0 Å². The molecule has 2 fully saturated rings. The summed E-state index contributed by atoms with van der Waals surface area (Å²) in [4.78, 5) is 0. The van der Waals surface area contributed by atoms with E-state index in [4.69, 9.17) is 14.6 Å². The van der Waals surface area contributed by atoms with E-state index in [0.717, 1.165) is 25.7 Å². The molecular weight excluding hydrogens is 180 g/mol. The zero-order valence-corrected chi connectivity index (χ0v) is 8.82. The zero-order chi connectivity index (χ0) is 9.97. The van der Waals surface area contributed by atoms with E-state index >= 15 is 0 Å². The number of aliphatic hydroxyl groups excluding tert-OH is 1. The van der Waals surface area contributed by atoms with Crippen LogP contribution in [0.25, 0.3) is 0 Å². The molecule has 0 spiro atoms. The van der Waals surface area contributed by atoms with Crippen molar-refractivity contribution in [2.75, 3.05) is 7.11 Å². The number of methoxy groups -OCH3 is 1. The smallest absolute Gasteiger partial charge is 0.0628 e. The van der Waals surface area contributed by atoms with E-state index in [2.05, 4.69) is 0 Å². The molecule has 14 heavy (non-hydrogen) atoms. The summed E-state index contributed by atoms with van der Waals surface area (Å²) in [7, 11) is 1.78. The maximum Gasteiger partial charge on any atom is 0.0628 e. The van der Waals surface area contributed by atoms with Gasteiger partial charge in [-0.1, -0.05) is 0 Å². The van der Waals surface area contributed by atoms with Gasteiger partial charge in [0.15, 0.2) is 0 Å². The molecule has 2 rings (SSSR count). The van der Waals surface area contributed by atoms with Gasteiger partial charge in [0.1, 0.15) is 0 Å². The molecule has 2 unspecified atom stereocenters. The van der Waals surface area contributed by atoms with Gasteiger partial charge >= 0.3 is 0 Å². The van der Waals surface area contributed by atoms with Crippen LogP contribution < -0.4 is 0 Å². The first-order valence-electron chi connectivity index (χ1n) is 5.64. The second kappa shape index (κ2) is 4.60. The van der Waals surface area contributed by atoms with Crippen LogP contribution in [0.1, 0.15) is 38.5 Å². The third-order valence-electron chi connectivity index (χ3n) is 3.37. The van der Waals surface area contributed by atoms with Crippen molar-refractivity contribution < 1.29 is 14.6 Å². The number of rotatable bonds is 3. The molecule has 2 aliphatic rings. The number of hydrogen-bond acceptors (Lipinski definition) is 3. The fraction of sp³-hybridized carbons (Fsp3) is 1.00. The summed E-state index contributed by atoms with van der Waals surface area (Å²) in [6, 6.07) is 0. The Kier molecular flexibility index (Phi) is 3.42. The van der Waals surface area contributed by atoms with Crippen molar-refractivity contribution in [3.8, 4) is 0 Å². The van der Waals surface area contributed by atoms with E-state index in [1.165, 1.54) is 12.8 Å². The third kappa shape index (κ3) is 2.47. The number of hydrogen-bond donors (Lipinski definition) is 1. The Bertz CT molecular complexity index is 177. The maximum atomic E-state index is 9.14. The van der Waals surface area contributed by atoms with Crippen LogP contribution in [0.15, 0.2) is 0 Å². The largest absolute Gasteiger partial charge is 0.393 e. The summed E-state index contributed by atoms with van der Waals surface area (Å²) in [6.07, 6.45) is 7.18. The van der Waals surface area contributed by atoms with Gasteiger partial charge < -0.3 is 14.6 Å². The van der Waals surface area contributed by atoms with Crippen molar-refractivity contribution in [2.24, 2.45) is 0 Å². The van der Waals surface area contributed by atoms with E-state index in [1.54, 1.807) is 7.11 Å². The Morgan fingerprint density at radius 3 is 2.36 bits per heavy atom. The highest BCUT2D eigenvalue weighted by Crippen LogP contribution is 2.29. The van der Waals surface area contributed by atoms with Crippen LogP contribution in [-0.2, 0) is 9.47 Å². The van der Waals surface area contributed by atoms with Gasteiger partial charge in [-0.05, 0) is 38.5 Å². The van der Waals surface area contributed by atoms with Gasteiger partial charge in [0.2, 0.25) is 0 Å². The summed E-state index contributed by atoms with van der Waals surface area (Å²) in [5.41, 5.74) is 0. The molecule has 2 atom stereocenters. The number of ether oxygens (including phenoxy) is 2. The van der Waals surface area contributed by atoms with Crippen LogP contribution in [0, 0.1) is 0 Å². The van der Waals surface area contributed by atoms with Gasteiger partial charge in [0.25, 0.3) is 0 Å². The normalized spacial score (nSPS) is 43.3. The first-order valence-corrected chi connectivity index (χ1v) is 5.64. The summed E-state index contributed by atoms with van der Waals surface area (Å²) >= 11 is 0. The average Bonchev–Trinajstić information content (AvgIpc) is 2.16. The van der Waals surface area contributed by atoms with Crippen molar-refractivity contribution >= 4 is 0 Å². The maximum absolute atomic E-state index is 9.14. The highest BCUT2D eigenvalue weighted by Gasteiger charge is 2.32. The summed E-state index contributed by atoms with van der Waals surface area (Å²) < 4.78 is 11.2. The van der Waals surface area contributed by atoms with Gasteiger partial charge in [0, 0.05) is 7.11 Å². The summed E-state index contributed by atoms with van der Waals surface area (Å²) in [5, 5.41) is 9.14. The predicted molar refractivity (Wildman–Crippen MR) is 53.2 cm³/mol. The van der Waals surface area contributed by atoms with Crippen LogP contribution in [-0.4, -0.2) is 36.6 Å². The van der Waals surface area contributed by atoms with Crippen LogP contribution in [0.4, 0.5) is 0 Å². The lowest BCUT2D eigenvalue weighted by atomic mass is 9.90. The number of aliphatic hydroxyl groups is 1. The molecule has 2 aliphatic carbocycles. The molecule has 3 heteroatoms. The minimum Gasteiger partial charge on any atom is -0.393 e. The fourth-order valence-electron chi connectivity index (χ4n) is 2.36. The van der Waals surface area contributed by atoms with Crippen molar-refractivity contribution in [3.05, 3.63) is 0 Å². The Morgan fingerprint density at radius 2 is 1.71 bits per heavy atom. The molecule has 0 amide bonds. The standard InChI is InChI=1S/C11H20O3/c1-13-9-3-2-4-10(7-9)14-11-5-8(12)6-11/h8-12H,2-7H2,1H3. The molecule has 0 bridgehead atoms. The Balaban J connectivity index is 1.69. The molecule has 0 heterocycles. The average molecular weight is 200 g/mol. The minimum atomic E-state index is -0.109. The van der Waals surface area contributed by atoms with Gasteiger partial charge in [-0.3, -0.25) is 0 Å². The van der Waals surface area contributed by atoms with E-state index in [-0.39, 0.29) is 6.10 Å². The van der Waals surface area contributed by atoms with Gasteiger partial charge in [0.05, 0.1) is 24.4 Å². The topological polar surface area (TPSA) is 38.7 Å². The van der Waals surface area contributed by atoms with Gasteiger partial charge in [-0.25, -0.2) is 0 Å². The first kappa shape index (κ1) is 10.4. The molecule has 2 saturated carbocycles. The molecule has 0 saturated heterocycles. The lowest BCUT2D eigenvalue weighted by molar-refractivity contribution is -0.125.